The highest BCUT2D eigenvalue weighted by molar-refractivity contribution is 5.90. The van der Waals surface area contributed by atoms with E-state index in [1.807, 2.05) is 30.3 Å². The molecular weight excluding hydrogens is 368 g/mol. The molecule has 1 aliphatic heterocycles. The van der Waals surface area contributed by atoms with Gasteiger partial charge < -0.3 is 15.0 Å². The number of para-hydroxylation sites is 2. The topological polar surface area (TPSA) is 72.3 Å². The van der Waals surface area contributed by atoms with Crippen LogP contribution in [-0.4, -0.2) is 39.0 Å². The zero-order chi connectivity index (χ0) is 19.5. The molecule has 144 valence electrons. The first-order valence-corrected chi connectivity index (χ1v) is 8.68. The van der Waals surface area contributed by atoms with E-state index < -0.39 is 23.4 Å². The summed E-state index contributed by atoms with van der Waals surface area (Å²) >= 11 is 0. The van der Waals surface area contributed by atoms with Crippen molar-refractivity contribution in [3.8, 4) is 5.75 Å². The van der Waals surface area contributed by atoms with Crippen molar-refractivity contribution < 1.29 is 18.3 Å². The molecule has 1 fully saturated rings. The molecule has 1 N–H and O–H groups in total. The Morgan fingerprint density at radius 2 is 1.82 bits per heavy atom. The average molecular weight is 385 g/mol. The third-order valence-corrected chi connectivity index (χ3v) is 4.41. The molecule has 0 unspecified atom stereocenters. The Hall–Kier alpha value is -3.49. The maximum Gasteiger partial charge on any atom is 0.322 e. The molecule has 2 heterocycles. The summed E-state index contributed by atoms with van der Waals surface area (Å²) in [5.41, 5.74) is 0.220. The molecular formula is C19H17F2N5O2. The fraction of sp³-hybridized carbons (Fsp3) is 0.211. The number of urea groups is 1. The monoisotopic (exact) mass is 385 g/mol. The molecule has 1 aromatic heterocycles. The SMILES string of the molecule is O=C(Nc1c(F)cccc1F)N1CC(n2cc(COc3ccccc3)nn2)C1. The van der Waals surface area contributed by atoms with Crippen LogP contribution in [0.1, 0.15) is 11.7 Å². The Balaban J connectivity index is 1.29. The lowest BCUT2D eigenvalue weighted by Gasteiger charge is -2.38. The second-order valence-corrected chi connectivity index (χ2v) is 6.38. The maximum absolute atomic E-state index is 13.6. The summed E-state index contributed by atoms with van der Waals surface area (Å²) in [6.07, 6.45) is 1.76. The maximum atomic E-state index is 13.6. The lowest BCUT2D eigenvalue weighted by atomic mass is 10.1. The number of hydrogen-bond donors (Lipinski definition) is 1. The molecule has 0 radical (unpaired) electrons. The molecule has 3 aromatic rings. The summed E-state index contributed by atoms with van der Waals surface area (Å²) in [6, 6.07) is 12.2. The second-order valence-electron chi connectivity index (χ2n) is 6.38. The van der Waals surface area contributed by atoms with E-state index in [4.69, 9.17) is 4.74 Å². The molecule has 0 spiro atoms. The van der Waals surface area contributed by atoms with E-state index >= 15 is 0 Å². The number of likely N-dealkylation sites (tertiary alicyclic amines) is 1. The molecule has 9 heteroatoms. The number of nitrogens with zero attached hydrogens (tertiary/aromatic N) is 4. The van der Waals surface area contributed by atoms with Crippen LogP contribution in [0, 0.1) is 11.6 Å². The van der Waals surface area contributed by atoms with Crippen molar-refractivity contribution in [2.24, 2.45) is 0 Å². The van der Waals surface area contributed by atoms with Crippen LogP contribution in [0.3, 0.4) is 0 Å². The van der Waals surface area contributed by atoms with Crippen LogP contribution < -0.4 is 10.1 Å². The van der Waals surface area contributed by atoms with Gasteiger partial charge in [0.05, 0.1) is 12.2 Å². The average Bonchev–Trinajstić information content (AvgIpc) is 3.11. The van der Waals surface area contributed by atoms with Crippen molar-refractivity contribution in [1.29, 1.82) is 0 Å². The fourth-order valence-electron chi connectivity index (χ4n) is 2.82. The summed E-state index contributed by atoms with van der Waals surface area (Å²) < 4.78 is 34.5. The van der Waals surface area contributed by atoms with Crippen molar-refractivity contribution >= 4 is 11.7 Å². The third kappa shape index (κ3) is 3.78. The number of amides is 2. The van der Waals surface area contributed by atoms with Crippen LogP contribution in [0.15, 0.2) is 54.7 Å². The molecule has 1 aliphatic rings. The van der Waals surface area contributed by atoms with Gasteiger partial charge in [0, 0.05) is 13.1 Å². The van der Waals surface area contributed by atoms with Gasteiger partial charge in [0.15, 0.2) is 0 Å². The Morgan fingerprint density at radius 3 is 2.54 bits per heavy atom. The Bertz CT molecular complexity index is 953. The third-order valence-electron chi connectivity index (χ3n) is 4.41. The molecule has 0 aliphatic carbocycles. The molecule has 1 saturated heterocycles. The van der Waals surface area contributed by atoms with Gasteiger partial charge in [0.1, 0.15) is 35.4 Å². The molecule has 28 heavy (non-hydrogen) atoms. The molecule has 2 amide bonds. The van der Waals surface area contributed by atoms with Crippen LogP contribution in [0.5, 0.6) is 5.75 Å². The van der Waals surface area contributed by atoms with Gasteiger partial charge >= 0.3 is 6.03 Å². The predicted octanol–water partition coefficient (Wildman–Crippen LogP) is 3.22. The lowest BCUT2D eigenvalue weighted by molar-refractivity contribution is 0.127. The summed E-state index contributed by atoms with van der Waals surface area (Å²) in [5, 5.41) is 10.4. The van der Waals surface area contributed by atoms with Gasteiger partial charge in [-0.25, -0.2) is 18.3 Å². The number of anilines is 1. The van der Waals surface area contributed by atoms with E-state index in [2.05, 4.69) is 15.6 Å². The minimum absolute atomic E-state index is 0.0470. The zero-order valence-electron chi connectivity index (χ0n) is 14.8. The number of rotatable bonds is 5. The molecule has 0 bridgehead atoms. The quantitative estimate of drug-likeness (QED) is 0.732. The van der Waals surface area contributed by atoms with E-state index in [0.29, 0.717) is 18.8 Å². The van der Waals surface area contributed by atoms with Crippen molar-refractivity contribution in [3.05, 3.63) is 72.1 Å². The van der Waals surface area contributed by atoms with Crippen molar-refractivity contribution in [3.63, 3.8) is 0 Å². The number of halogens is 2. The van der Waals surface area contributed by atoms with E-state index in [9.17, 15) is 13.6 Å². The van der Waals surface area contributed by atoms with Crippen LogP contribution in [0.25, 0.3) is 0 Å². The summed E-state index contributed by atoms with van der Waals surface area (Å²) in [7, 11) is 0. The number of aromatic nitrogens is 3. The van der Waals surface area contributed by atoms with Crippen molar-refractivity contribution in [2.45, 2.75) is 12.6 Å². The number of hydrogen-bond acceptors (Lipinski definition) is 4. The summed E-state index contributed by atoms with van der Waals surface area (Å²) in [4.78, 5) is 13.6. The van der Waals surface area contributed by atoms with Gasteiger partial charge in [-0.3, -0.25) is 0 Å². The Labute approximate surface area is 159 Å². The van der Waals surface area contributed by atoms with Crippen molar-refractivity contribution in [1.82, 2.24) is 19.9 Å². The first-order valence-electron chi connectivity index (χ1n) is 8.68. The Kier molecular flexibility index (Phi) is 4.88. The highest BCUT2D eigenvalue weighted by Gasteiger charge is 2.33. The van der Waals surface area contributed by atoms with Gasteiger partial charge in [-0.2, -0.15) is 0 Å². The van der Waals surface area contributed by atoms with Gasteiger partial charge in [0.2, 0.25) is 0 Å². The largest absolute Gasteiger partial charge is 0.487 e. The fourth-order valence-corrected chi connectivity index (χ4v) is 2.82. The molecule has 2 aromatic carbocycles. The van der Waals surface area contributed by atoms with Crippen LogP contribution >= 0.6 is 0 Å². The number of carbonyl (C=O) groups is 1. The highest BCUT2D eigenvalue weighted by atomic mass is 19.1. The normalized spacial score (nSPS) is 13.9. The summed E-state index contributed by atoms with van der Waals surface area (Å²) in [6.45, 7) is 1.02. The van der Waals surface area contributed by atoms with Crippen LogP contribution in [0.2, 0.25) is 0 Å². The first-order chi connectivity index (χ1) is 13.6. The van der Waals surface area contributed by atoms with E-state index in [-0.39, 0.29) is 12.6 Å². The first kappa shape index (κ1) is 17.9. The zero-order valence-corrected chi connectivity index (χ0v) is 14.8. The standard InChI is InChI=1S/C19H17F2N5O2/c20-16-7-4-8-17(21)18(16)22-19(27)25-10-14(11-25)26-9-13(23-24-26)12-28-15-5-2-1-3-6-15/h1-9,14H,10-12H2,(H,22,27). The number of carbonyl (C=O) groups excluding carboxylic acids is 1. The van der Waals surface area contributed by atoms with Crippen molar-refractivity contribution in [2.75, 3.05) is 18.4 Å². The summed E-state index contributed by atoms with van der Waals surface area (Å²) in [5.74, 6) is -0.890. The van der Waals surface area contributed by atoms with Gasteiger partial charge in [0.25, 0.3) is 0 Å². The Morgan fingerprint density at radius 1 is 1.11 bits per heavy atom. The smallest absolute Gasteiger partial charge is 0.322 e. The molecule has 0 atom stereocenters. The number of nitrogens with one attached hydrogen (secondary N) is 1. The number of ether oxygens (including phenoxy) is 1. The molecule has 7 nitrogen and oxygen atoms in total. The van der Waals surface area contributed by atoms with E-state index in [0.717, 1.165) is 17.9 Å². The minimum atomic E-state index is -0.815. The number of benzene rings is 2. The highest BCUT2D eigenvalue weighted by Crippen LogP contribution is 2.24. The predicted molar refractivity (Wildman–Crippen MR) is 96.8 cm³/mol. The van der Waals surface area contributed by atoms with Crippen LogP contribution in [0.4, 0.5) is 19.3 Å². The van der Waals surface area contributed by atoms with Gasteiger partial charge in [-0.15, -0.1) is 5.10 Å². The lowest BCUT2D eigenvalue weighted by Crippen LogP contribution is -2.52. The molecule has 0 saturated carbocycles. The second kappa shape index (κ2) is 7.63. The van der Waals surface area contributed by atoms with E-state index in [1.165, 1.54) is 11.0 Å². The van der Waals surface area contributed by atoms with Crippen LogP contribution in [-0.2, 0) is 6.61 Å². The minimum Gasteiger partial charge on any atom is -0.487 e. The van der Waals surface area contributed by atoms with Gasteiger partial charge in [-0.05, 0) is 24.3 Å². The van der Waals surface area contributed by atoms with E-state index in [1.54, 1.807) is 10.9 Å². The molecule has 4 rings (SSSR count). The van der Waals surface area contributed by atoms with Gasteiger partial charge in [-0.1, -0.05) is 29.5 Å².